The number of nitrogens with zero attached hydrogens (tertiary/aromatic N) is 1. The summed E-state index contributed by atoms with van der Waals surface area (Å²) in [4.78, 5) is 0.389. The zero-order valence-electron chi connectivity index (χ0n) is 12.9. The molecule has 23 heavy (non-hydrogen) atoms. The molecule has 0 bridgehead atoms. The van der Waals surface area contributed by atoms with Crippen molar-refractivity contribution in [3.8, 4) is 0 Å². The van der Waals surface area contributed by atoms with Crippen molar-refractivity contribution in [2.24, 2.45) is 0 Å². The maximum Gasteiger partial charge on any atom is 0.243 e. The highest BCUT2D eigenvalue weighted by Crippen LogP contribution is 2.30. The Morgan fingerprint density at radius 1 is 0.957 bits per heavy atom. The smallest absolute Gasteiger partial charge is 0.207 e. The minimum atomic E-state index is -3.37. The first-order chi connectivity index (χ1) is 11.1. The minimum absolute atomic E-state index is 0.389. The summed E-state index contributed by atoms with van der Waals surface area (Å²) in [5.41, 5.74) is 2.39. The highest BCUT2D eigenvalue weighted by atomic mass is 79.9. The summed E-state index contributed by atoms with van der Waals surface area (Å²) in [7, 11) is -3.37. The molecular weight excluding hydrogens is 374 g/mol. The molecule has 0 atom stereocenters. The summed E-state index contributed by atoms with van der Waals surface area (Å²) >= 11 is 3.38. The van der Waals surface area contributed by atoms with Crippen molar-refractivity contribution in [2.45, 2.75) is 29.0 Å². The third kappa shape index (κ3) is 3.67. The van der Waals surface area contributed by atoms with Crippen molar-refractivity contribution in [3.63, 3.8) is 0 Å². The Labute approximate surface area is 146 Å². The van der Waals surface area contributed by atoms with E-state index in [9.17, 15) is 8.42 Å². The Balaban J connectivity index is 1.70. The van der Waals surface area contributed by atoms with Gasteiger partial charge in [-0.15, -0.1) is 0 Å². The summed E-state index contributed by atoms with van der Waals surface area (Å²) < 4.78 is 27.1. The van der Waals surface area contributed by atoms with Crippen LogP contribution in [-0.4, -0.2) is 25.8 Å². The SMILES string of the molecule is O=S(=O)(c1ccc(CBr)cc1)N1CCC(c2ccccc2)CC1. The van der Waals surface area contributed by atoms with Gasteiger partial charge in [0.05, 0.1) is 4.90 Å². The van der Waals surface area contributed by atoms with Crippen molar-refractivity contribution >= 4 is 26.0 Å². The number of hydrogen-bond acceptors (Lipinski definition) is 2. The normalized spacial score (nSPS) is 17.3. The van der Waals surface area contributed by atoms with Crippen molar-refractivity contribution in [1.29, 1.82) is 0 Å². The highest BCUT2D eigenvalue weighted by molar-refractivity contribution is 9.08. The molecule has 5 heteroatoms. The molecule has 0 aromatic heterocycles. The fourth-order valence-electron chi connectivity index (χ4n) is 3.05. The van der Waals surface area contributed by atoms with E-state index in [0.29, 0.717) is 23.9 Å². The van der Waals surface area contributed by atoms with E-state index in [4.69, 9.17) is 0 Å². The molecule has 122 valence electrons. The number of sulfonamides is 1. The lowest BCUT2D eigenvalue weighted by atomic mass is 9.90. The molecule has 3 rings (SSSR count). The molecule has 1 aliphatic rings. The molecule has 0 unspecified atom stereocenters. The second kappa shape index (κ2) is 7.16. The first-order valence-corrected chi connectivity index (χ1v) is 10.4. The van der Waals surface area contributed by atoms with E-state index in [1.165, 1.54) is 5.56 Å². The van der Waals surface area contributed by atoms with Gasteiger partial charge in [-0.25, -0.2) is 8.42 Å². The maximum atomic E-state index is 12.7. The zero-order chi connectivity index (χ0) is 16.3. The Morgan fingerprint density at radius 2 is 1.57 bits per heavy atom. The number of alkyl halides is 1. The number of benzene rings is 2. The molecule has 0 radical (unpaired) electrons. The van der Waals surface area contributed by atoms with Crippen LogP contribution in [0.2, 0.25) is 0 Å². The van der Waals surface area contributed by atoms with Crippen LogP contribution >= 0.6 is 15.9 Å². The van der Waals surface area contributed by atoms with Crippen molar-refractivity contribution in [2.75, 3.05) is 13.1 Å². The van der Waals surface area contributed by atoms with E-state index in [1.54, 1.807) is 16.4 Å². The number of hydrogen-bond donors (Lipinski definition) is 0. The Hall–Kier alpha value is -1.17. The number of piperidine rings is 1. The molecule has 1 saturated heterocycles. The van der Waals surface area contributed by atoms with Crippen LogP contribution < -0.4 is 0 Å². The lowest BCUT2D eigenvalue weighted by Crippen LogP contribution is -2.37. The Bertz CT molecular complexity index is 736. The van der Waals surface area contributed by atoms with E-state index >= 15 is 0 Å². The van der Waals surface area contributed by atoms with E-state index in [-0.39, 0.29) is 0 Å². The monoisotopic (exact) mass is 393 g/mol. The molecule has 0 amide bonds. The van der Waals surface area contributed by atoms with E-state index in [2.05, 4.69) is 28.1 Å². The molecule has 3 nitrogen and oxygen atoms in total. The topological polar surface area (TPSA) is 37.4 Å². The highest BCUT2D eigenvalue weighted by Gasteiger charge is 2.29. The summed E-state index contributed by atoms with van der Waals surface area (Å²) in [6, 6.07) is 17.5. The Morgan fingerprint density at radius 3 is 2.13 bits per heavy atom. The molecule has 0 saturated carbocycles. The lowest BCUT2D eigenvalue weighted by molar-refractivity contribution is 0.319. The van der Waals surface area contributed by atoms with Crippen LogP contribution in [0.4, 0.5) is 0 Å². The van der Waals surface area contributed by atoms with Gasteiger partial charge in [-0.2, -0.15) is 4.31 Å². The van der Waals surface area contributed by atoms with Gasteiger partial charge in [0, 0.05) is 18.4 Å². The van der Waals surface area contributed by atoms with Gasteiger partial charge in [-0.05, 0) is 42.0 Å². The summed E-state index contributed by atoms with van der Waals surface area (Å²) in [5.74, 6) is 0.457. The van der Waals surface area contributed by atoms with Crippen LogP contribution in [0.15, 0.2) is 59.5 Å². The zero-order valence-corrected chi connectivity index (χ0v) is 15.3. The van der Waals surface area contributed by atoms with Crippen LogP contribution in [0.5, 0.6) is 0 Å². The minimum Gasteiger partial charge on any atom is -0.207 e. The number of halogens is 1. The molecule has 0 N–H and O–H groups in total. The second-order valence-corrected chi connectivity index (χ2v) is 8.37. The van der Waals surface area contributed by atoms with Crippen LogP contribution in [0.3, 0.4) is 0 Å². The second-order valence-electron chi connectivity index (χ2n) is 5.87. The van der Waals surface area contributed by atoms with Gasteiger partial charge in [-0.3, -0.25) is 0 Å². The standard InChI is InChI=1S/C18H20BrNO2S/c19-14-15-6-8-18(9-7-15)23(21,22)20-12-10-17(11-13-20)16-4-2-1-3-5-16/h1-9,17H,10-14H2. The predicted molar refractivity (Wildman–Crippen MR) is 96.2 cm³/mol. The van der Waals surface area contributed by atoms with Gasteiger partial charge in [0.2, 0.25) is 10.0 Å². The fraction of sp³-hybridized carbons (Fsp3) is 0.333. The van der Waals surface area contributed by atoms with Gasteiger partial charge in [-0.1, -0.05) is 58.4 Å². The van der Waals surface area contributed by atoms with E-state index in [1.807, 2.05) is 30.3 Å². The first kappa shape index (κ1) is 16.7. The first-order valence-electron chi connectivity index (χ1n) is 7.81. The molecule has 2 aromatic rings. The van der Waals surface area contributed by atoms with Gasteiger partial charge in [0.15, 0.2) is 0 Å². The molecule has 1 aliphatic heterocycles. The van der Waals surface area contributed by atoms with Crippen molar-refractivity contribution in [3.05, 3.63) is 65.7 Å². The molecule has 1 fully saturated rings. The number of rotatable bonds is 4. The van der Waals surface area contributed by atoms with Crippen molar-refractivity contribution < 1.29 is 8.42 Å². The fourth-order valence-corrected chi connectivity index (χ4v) is 4.90. The maximum absolute atomic E-state index is 12.7. The third-order valence-electron chi connectivity index (χ3n) is 4.44. The average Bonchev–Trinajstić information content (AvgIpc) is 2.62. The van der Waals surface area contributed by atoms with Crippen LogP contribution in [0.1, 0.15) is 29.9 Å². The van der Waals surface area contributed by atoms with Gasteiger partial charge < -0.3 is 0 Å². The molecular formula is C18H20BrNO2S. The van der Waals surface area contributed by atoms with Crippen LogP contribution in [-0.2, 0) is 15.4 Å². The molecule has 0 aliphatic carbocycles. The summed E-state index contributed by atoms with van der Waals surface area (Å²) in [5, 5.41) is 0.732. The largest absolute Gasteiger partial charge is 0.243 e. The van der Waals surface area contributed by atoms with Gasteiger partial charge in [0.25, 0.3) is 0 Å². The van der Waals surface area contributed by atoms with Crippen LogP contribution in [0.25, 0.3) is 0 Å². The lowest BCUT2D eigenvalue weighted by Gasteiger charge is -2.31. The van der Waals surface area contributed by atoms with E-state index < -0.39 is 10.0 Å². The van der Waals surface area contributed by atoms with Gasteiger partial charge >= 0.3 is 0 Å². The summed E-state index contributed by atoms with van der Waals surface area (Å²) in [6.45, 7) is 1.17. The van der Waals surface area contributed by atoms with Crippen LogP contribution in [0, 0.1) is 0 Å². The molecule has 0 spiro atoms. The average molecular weight is 394 g/mol. The summed E-state index contributed by atoms with van der Waals surface area (Å²) in [6.07, 6.45) is 1.76. The van der Waals surface area contributed by atoms with Gasteiger partial charge in [0.1, 0.15) is 0 Å². The van der Waals surface area contributed by atoms with E-state index in [0.717, 1.165) is 23.7 Å². The third-order valence-corrected chi connectivity index (χ3v) is 7.00. The molecule has 2 aromatic carbocycles. The molecule has 1 heterocycles. The Kier molecular flexibility index (Phi) is 5.19. The quantitative estimate of drug-likeness (QED) is 0.731. The van der Waals surface area contributed by atoms with Crippen molar-refractivity contribution in [1.82, 2.24) is 4.31 Å². The predicted octanol–water partition coefficient (Wildman–Crippen LogP) is 4.15.